The number of rotatable bonds is 5. The van der Waals surface area contributed by atoms with E-state index >= 15 is 0 Å². The number of ether oxygens (including phenoxy) is 2. The summed E-state index contributed by atoms with van der Waals surface area (Å²) in [6, 6.07) is 7.25. The van der Waals surface area contributed by atoms with Gasteiger partial charge in [-0.2, -0.15) is 0 Å². The van der Waals surface area contributed by atoms with Crippen LogP contribution in [-0.4, -0.2) is 56.6 Å². The molecule has 0 aromatic heterocycles. The van der Waals surface area contributed by atoms with Crippen LogP contribution in [0.25, 0.3) is 5.57 Å². The van der Waals surface area contributed by atoms with E-state index < -0.39 is 6.29 Å². The second kappa shape index (κ2) is 11.8. The van der Waals surface area contributed by atoms with Crippen LogP contribution >= 0.6 is 0 Å². The Bertz CT molecular complexity index is 877. The highest BCUT2D eigenvalue weighted by Gasteiger charge is 2.37. The molecular formula is C26H38NO4+. The Labute approximate surface area is 187 Å². The molecule has 1 aromatic carbocycles. The number of hydrogen-bond acceptors (Lipinski definition) is 4. The number of nitrogens with zero attached hydrogens (tertiary/aromatic N) is 1. The third-order valence-corrected chi connectivity index (χ3v) is 5.35. The number of hydrogen-bond donors (Lipinski definition) is 0. The fraction of sp³-hybridized carbons (Fsp3) is 0.462. The summed E-state index contributed by atoms with van der Waals surface area (Å²) in [7, 11) is 5.97. The molecule has 0 spiro atoms. The minimum absolute atomic E-state index is 0.154. The van der Waals surface area contributed by atoms with Crippen LogP contribution in [0.1, 0.15) is 57.0 Å². The van der Waals surface area contributed by atoms with E-state index in [4.69, 9.17) is 9.47 Å². The van der Waals surface area contributed by atoms with Crippen molar-refractivity contribution < 1.29 is 23.5 Å². The van der Waals surface area contributed by atoms with Gasteiger partial charge in [0.1, 0.15) is 0 Å². The first kappa shape index (κ1) is 26.5. The van der Waals surface area contributed by atoms with Crippen LogP contribution in [0.15, 0.2) is 53.8 Å². The van der Waals surface area contributed by atoms with Crippen molar-refractivity contribution >= 4 is 17.1 Å². The predicted molar refractivity (Wildman–Crippen MR) is 127 cm³/mol. The van der Waals surface area contributed by atoms with E-state index in [0.717, 1.165) is 10.0 Å². The number of carbonyl (C=O) groups excluding carboxylic acids is 2. The molecular weight excluding hydrogens is 390 g/mol. The second-order valence-corrected chi connectivity index (χ2v) is 7.91. The lowest BCUT2D eigenvalue weighted by atomic mass is 9.80. The number of carbonyl (C=O) groups is 2. The van der Waals surface area contributed by atoms with Crippen LogP contribution in [0.5, 0.6) is 0 Å². The normalized spacial score (nSPS) is 17.2. The minimum Gasteiger partial charge on any atom is -0.457 e. The number of Topliss-reactive ketones (excluding diaryl/α,β-unsaturated/α-hetero) is 2. The molecule has 3 rings (SSSR count). The van der Waals surface area contributed by atoms with E-state index in [1.165, 1.54) is 33.5 Å². The summed E-state index contributed by atoms with van der Waals surface area (Å²) in [6.45, 7) is 16.5. The molecule has 0 amide bonds. The lowest BCUT2D eigenvalue weighted by Gasteiger charge is -2.31. The van der Waals surface area contributed by atoms with E-state index in [2.05, 4.69) is 34.5 Å². The third kappa shape index (κ3) is 6.25. The average molecular weight is 429 g/mol. The topological polar surface area (TPSA) is 52.6 Å². The lowest BCUT2D eigenvalue weighted by Crippen LogP contribution is -2.39. The van der Waals surface area contributed by atoms with Gasteiger partial charge < -0.3 is 14.0 Å². The van der Waals surface area contributed by atoms with Crippen LogP contribution in [0.4, 0.5) is 0 Å². The van der Waals surface area contributed by atoms with Crippen molar-refractivity contribution in [1.29, 1.82) is 0 Å². The Morgan fingerprint density at radius 1 is 1.16 bits per heavy atom. The van der Waals surface area contributed by atoms with Crippen LogP contribution in [-0.2, 0) is 14.3 Å². The van der Waals surface area contributed by atoms with Crippen LogP contribution < -0.4 is 0 Å². The molecule has 0 saturated heterocycles. The molecule has 1 aromatic rings. The van der Waals surface area contributed by atoms with Gasteiger partial charge in [-0.3, -0.25) is 9.59 Å². The largest absolute Gasteiger partial charge is 0.457 e. The predicted octanol–water partition coefficient (Wildman–Crippen LogP) is 5.19. The maximum Gasteiger partial charge on any atom is 0.231 e. The summed E-state index contributed by atoms with van der Waals surface area (Å²) in [5.41, 5.74) is 3.06. The summed E-state index contributed by atoms with van der Waals surface area (Å²) in [5, 5.41) is 0. The maximum absolute atomic E-state index is 12.7. The van der Waals surface area contributed by atoms with Crippen molar-refractivity contribution in [1.82, 2.24) is 0 Å². The van der Waals surface area contributed by atoms with Crippen molar-refractivity contribution in [2.24, 2.45) is 0 Å². The first-order chi connectivity index (χ1) is 14.7. The van der Waals surface area contributed by atoms with Gasteiger partial charge in [-0.05, 0) is 36.1 Å². The van der Waals surface area contributed by atoms with Gasteiger partial charge in [0.15, 0.2) is 17.3 Å². The number of ketones is 2. The Morgan fingerprint density at radius 3 is 2.19 bits per heavy atom. The monoisotopic (exact) mass is 428 g/mol. The molecule has 0 saturated carbocycles. The highest BCUT2D eigenvalue weighted by atomic mass is 16.7. The number of allylic oxidation sites excluding steroid dienone is 4. The van der Waals surface area contributed by atoms with Gasteiger partial charge in [-0.25, -0.2) is 0 Å². The van der Waals surface area contributed by atoms with Crippen LogP contribution in [0, 0.1) is 0 Å². The van der Waals surface area contributed by atoms with Gasteiger partial charge in [-0.15, -0.1) is 0 Å². The highest BCUT2D eigenvalue weighted by Crippen LogP contribution is 2.40. The van der Waals surface area contributed by atoms with Crippen molar-refractivity contribution in [3.8, 4) is 0 Å². The summed E-state index contributed by atoms with van der Waals surface area (Å²) < 4.78 is 11.9. The fourth-order valence-electron chi connectivity index (χ4n) is 3.37. The molecule has 1 atom stereocenters. The molecule has 5 nitrogen and oxygen atoms in total. The SMILES string of the molecule is C=C1C2=C(C(=O)c3ccccc31)C(OC)OC(C(C)=O)=C2.CC.CCC[N+](C)(C)CC. The van der Waals surface area contributed by atoms with Crippen LogP contribution in [0.2, 0.25) is 0 Å². The van der Waals surface area contributed by atoms with Gasteiger partial charge in [0, 0.05) is 19.6 Å². The maximum atomic E-state index is 12.7. The smallest absolute Gasteiger partial charge is 0.231 e. The van der Waals surface area contributed by atoms with Crippen molar-refractivity contribution in [3.63, 3.8) is 0 Å². The van der Waals surface area contributed by atoms with Gasteiger partial charge in [0.2, 0.25) is 6.29 Å². The molecule has 2 aliphatic rings. The van der Waals surface area contributed by atoms with Gasteiger partial charge >= 0.3 is 0 Å². The van der Waals surface area contributed by atoms with Crippen molar-refractivity contribution in [2.75, 3.05) is 34.3 Å². The van der Waals surface area contributed by atoms with E-state index in [0.29, 0.717) is 22.3 Å². The Balaban J connectivity index is 0.000000409. The molecule has 0 N–H and O–H groups in total. The fourth-order valence-corrected chi connectivity index (χ4v) is 3.37. The van der Waals surface area contributed by atoms with E-state index in [1.807, 2.05) is 26.0 Å². The molecule has 0 radical (unpaired) electrons. The van der Waals surface area contributed by atoms with Gasteiger partial charge in [-0.1, -0.05) is 51.6 Å². The van der Waals surface area contributed by atoms with Gasteiger partial charge in [0.05, 0.1) is 32.8 Å². The Kier molecular flexibility index (Phi) is 10.1. The molecule has 5 heteroatoms. The molecule has 1 heterocycles. The zero-order valence-corrected chi connectivity index (χ0v) is 20.4. The molecule has 1 aliphatic carbocycles. The molecule has 0 bridgehead atoms. The zero-order chi connectivity index (χ0) is 23.8. The molecule has 170 valence electrons. The van der Waals surface area contributed by atoms with Crippen molar-refractivity contribution in [2.45, 2.75) is 47.3 Å². The lowest BCUT2D eigenvalue weighted by molar-refractivity contribution is -0.888. The first-order valence-corrected chi connectivity index (χ1v) is 11.0. The number of methoxy groups -OCH3 is 1. The van der Waals surface area contributed by atoms with E-state index in [9.17, 15) is 9.59 Å². The third-order valence-electron chi connectivity index (χ3n) is 5.35. The number of benzene rings is 1. The van der Waals surface area contributed by atoms with Gasteiger partial charge in [0.25, 0.3) is 0 Å². The quantitative estimate of drug-likeness (QED) is 0.606. The molecule has 0 fully saturated rings. The second-order valence-electron chi connectivity index (χ2n) is 7.91. The number of fused-ring (bicyclic) bond motifs is 1. The summed E-state index contributed by atoms with van der Waals surface area (Å²) in [5.74, 6) is -0.199. The average Bonchev–Trinajstić information content (AvgIpc) is 2.78. The van der Waals surface area contributed by atoms with E-state index in [1.54, 1.807) is 18.2 Å². The first-order valence-electron chi connectivity index (χ1n) is 11.0. The standard InChI is InChI=1S/C17H14O4.C7H18N.C2H6/c1-9-11-6-4-5-7-12(11)16(19)15-13(9)8-14(10(2)18)21-17(15)20-3;1-5-7-8(3,4)6-2;1-2/h4-8,17H,1H2,2-3H3;5-7H2,1-4H3;1-2H3/q;+1;. The van der Waals surface area contributed by atoms with Crippen molar-refractivity contribution in [3.05, 3.63) is 65.0 Å². The van der Waals surface area contributed by atoms with E-state index in [-0.39, 0.29) is 17.3 Å². The highest BCUT2D eigenvalue weighted by molar-refractivity contribution is 6.18. The Morgan fingerprint density at radius 2 is 1.74 bits per heavy atom. The Hall–Kier alpha value is -2.50. The summed E-state index contributed by atoms with van der Waals surface area (Å²) >= 11 is 0. The van der Waals surface area contributed by atoms with Crippen LogP contribution in [0.3, 0.4) is 0 Å². The molecule has 1 unspecified atom stereocenters. The minimum atomic E-state index is -0.887. The molecule has 31 heavy (non-hydrogen) atoms. The summed E-state index contributed by atoms with van der Waals surface area (Å²) in [6.07, 6.45) is 1.98. The molecule has 1 aliphatic heterocycles. The zero-order valence-electron chi connectivity index (χ0n) is 20.4. The summed E-state index contributed by atoms with van der Waals surface area (Å²) in [4.78, 5) is 24.3. The number of quaternary nitrogens is 1.